The standard InChI is InChI=1S/C27H32N8O3/c1-33-8-9-35-21(16-33)17-34(10-11-36)20-12-23-25(29-7-6-28-23)24(13-20)38-22-4-2-19(3-5-22)32-26(37)18-14-30-27(35)31-15-18/h6-7,12-16,19,22,36H,2-5,8-11,17H2,1H3,(H,32,37). The van der Waals surface area contributed by atoms with Crippen molar-refractivity contribution in [2.45, 2.75) is 37.8 Å². The fourth-order valence-corrected chi connectivity index (χ4v) is 5.41. The molecule has 198 valence electrons. The number of aromatic nitrogens is 4. The highest BCUT2D eigenvalue weighted by Gasteiger charge is 2.27. The Labute approximate surface area is 221 Å². The van der Waals surface area contributed by atoms with Crippen molar-refractivity contribution in [2.24, 2.45) is 0 Å². The van der Waals surface area contributed by atoms with Gasteiger partial charge in [-0.15, -0.1) is 0 Å². The summed E-state index contributed by atoms with van der Waals surface area (Å²) in [6, 6.07) is 4.08. The molecule has 1 amide bonds. The maximum atomic E-state index is 12.9. The van der Waals surface area contributed by atoms with Crippen LogP contribution in [-0.2, 0) is 0 Å². The van der Waals surface area contributed by atoms with E-state index in [1.165, 1.54) is 0 Å². The highest BCUT2D eigenvalue weighted by Crippen LogP contribution is 2.33. The number of carbonyl (C=O) groups excluding carboxylic acids is 1. The van der Waals surface area contributed by atoms with Crippen molar-refractivity contribution in [1.29, 1.82) is 0 Å². The summed E-state index contributed by atoms with van der Waals surface area (Å²) < 4.78 is 6.54. The van der Waals surface area contributed by atoms with Crippen molar-refractivity contribution < 1.29 is 14.6 Å². The molecular formula is C27H32N8O3. The van der Waals surface area contributed by atoms with Crippen LogP contribution in [0.25, 0.3) is 11.0 Å². The molecule has 1 fully saturated rings. The third-order valence-corrected chi connectivity index (χ3v) is 7.45. The average Bonchev–Trinajstić information content (AvgIpc) is 2.93. The third kappa shape index (κ3) is 4.93. The number of aliphatic hydroxyl groups is 1. The van der Waals surface area contributed by atoms with Crippen LogP contribution < -0.4 is 19.9 Å². The molecule has 1 aromatic carbocycles. The molecule has 3 aromatic rings. The van der Waals surface area contributed by atoms with Gasteiger partial charge in [0.2, 0.25) is 5.95 Å². The first-order chi connectivity index (χ1) is 18.6. The van der Waals surface area contributed by atoms with Crippen molar-refractivity contribution >= 4 is 28.6 Å². The van der Waals surface area contributed by atoms with Gasteiger partial charge in [0.15, 0.2) is 0 Å². The van der Waals surface area contributed by atoms with Gasteiger partial charge in [-0.1, -0.05) is 0 Å². The number of anilines is 2. The number of hydrogen-bond donors (Lipinski definition) is 2. The van der Waals surface area contributed by atoms with Crippen molar-refractivity contribution in [3.05, 3.63) is 54.4 Å². The number of likely N-dealkylation sites (N-methyl/N-ethyl adjacent to an activating group) is 1. The van der Waals surface area contributed by atoms with Crippen LogP contribution in [0.3, 0.4) is 0 Å². The first-order valence-electron chi connectivity index (χ1n) is 13.2. The molecule has 8 rings (SSSR count). The third-order valence-electron chi connectivity index (χ3n) is 7.45. The van der Waals surface area contributed by atoms with E-state index in [9.17, 15) is 9.90 Å². The second-order valence-electron chi connectivity index (χ2n) is 10.1. The summed E-state index contributed by atoms with van der Waals surface area (Å²) in [4.78, 5) is 37.5. The Kier molecular flexibility index (Phi) is 6.67. The lowest BCUT2D eigenvalue weighted by Gasteiger charge is -2.36. The van der Waals surface area contributed by atoms with Crippen LogP contribution in [0.1, 0.15) is 36.0 Å². The number of hydrogen-bond acceptors (Lipinski definition) is 10. The highest BCUT2D eigenvalue weighted by molar-refractivity contribution is 5.93. The first kappa shape index (κ1) is 24.4. The van der Waals surface area contributed by atoms with E-state index in [-0.39, 0.29) is 24.7 Å². The first-order valence-corrected chi connectivity index (χ1v) is 13.2. The molecule has 6 bridgehead atoms. The van der Waals surface area contributed by atoms with Crippen LogP contribution in [0.5, 0.6) is 5.75 Å². The van der Waals surface area contributed by atoms with Gasteiger partial charge >= 0.3 is 0 Å². The summed E-state index contributed by atoms with van der Waals surface area (Å²) in [6.45, 7) is 2.42. The number of nitrogens with one attached hydrogen (secondary N) is 1. The maximum absolute atomic E-state index is 12.9. The molecule has 5 aliphatic rings. The number of ether oxygens (including phenoxy) is 1. The van der Waals surface area contributed by atoms with Crippen molar-refractivity contribution in [1.82, 2.24) is 30.2 Å². The molecule has 38 heavy (non-hydrogen) atoms. The van der Waals surface area contributed by atoms with Gasteiger partial charge in [-0.3, -0.25) is 9.78 Å². The fourth-order valence-electron chi connectivity index (χ4n) is 5.41. The minimum Gasteiger partial charge on any atom is -0.488 e. The lowest BCUT2D eigenvalue weighted by Crippen LogP contribution is -2.43. The number of amides is 1. The van der Waals surface area contributed by atoms with Crippen molar-refractivity contribution in [2.75, 3.05) is 49.6 Å². The maximum Gasteiger partial charge on any atom is 0.254 e. The van der Waals surface area contributed by atoms with Gasteiger partial charge < -0.3 is 29.9 Å². The molecule has 1 saturated carbocycles. The van der Waals surface area contributed by atoms with E-state index < -0.39 is 0 Å². The zero-order chi connectivity index (χ0) is 26.1. The zero-order valence-corrected chi connectivity index (χ0v) is 21.5. The zero-order valence-electron chi connectivity index (χ0n) is 21.5. The SMILES string of the molecule is CN1C=C2CN(CCO)c3cc(c4nccnc4c3)OC3CCC(CC3)NC(=O)c3cnc(nc3)N2CC1. The van der Waals surface area contributed by atoms with Crippen LogP contribution in [0.4, 0.5) is 11.6 Å². The summed E-state index contributed by atoms with van der Waals surface area (Å²) in [5.74, 6) is 1.08. The van der Waals surface area contributed by atoms with E-state index in [4.69, 9.17) is 4.74 Å². The van der Waals surface area contributed by atoms with E-state index in [0.29, 0.717) is 36.9 Å². The number of rotatable bonds is 2. The monoisotopic (exact) mass is 516 g/mol. The average molecular weight is 517 g/mol. The molecule has 2 N–H and O–H groups in total. The quantitative estimate of drug-likeness (QED) is 0.523. The molecule has 4 aliphatic heterocycles. The Bertz CT molecular complexity index is 1340. The van der Waals surface area contributed by atoms with Gasteiger partial charge in [-0.05, 0) is 31.7 Å². The minimum atomic E-state index is -0.153. The molecule has 11 nitrogen and oxygen atoms in total. The summed E-state index contributed by atoms with van der Waals surface area (Å²) >= 11 is 0. The lowest BCUT2D eigenvalue weighted by atomic mass is 9.92. The Balaban J connectivity index is 1.44. The van der Waals surface area contributed by atoms with Crippen molar-refractivity contribution in [3.63, 3.8) is 0 Å². The topological polar surface area (TPSA) is 120 Å². The van der Waals surface area contributed by atoms with Crippen LogP contribution in [0.2, 0.25) is 0 Å². The Morgan fingerprint density at radius 3 is 2.63 bits per heavy atom. The van der Waals surface area contributed by atoms with Crippen molar-refractivity contribution in [3.8, 4) is 5.75 Å². The molecule has 1 aliphatic carbocycles. The van der Waals surface area contributed by atoms with Gasteiger partial charge in [0.05, 0.1) is 36.0 Å². The Morgan fingerprint density at radius 2 is 1.84 bits per heavy atom. The summed E-state index contributed by atoms with van der Waals surface area (Å²) in [5.41, 5.74) is 3.79. The second-order valence-corrected chi connectivity index (χ2v) is 10.1. The summed E-state index contributed by atoms with van der Waals surface area (Å²) in [5, 5.41) is 13.1. The molecule has 2 aromatic heterocycles. The predicted octanol–water partition coefficient (Wildman–Crippen LogP) is 1.95. The van der Waals surface area contributed by atoms with E-state index in [0.717, 1.165) is 54.6 Å². The number of carbonyl (C=O) groups is 1. The summed E-state index contributed by atoms with van der Waals surface area (Å²) in [7, 11) is 2.03. The van der Waals surface area contributed by atoms with E-state index in [1.54, 1.807) is 24.8 Å². The largest absolute Gasteiger partial charge is 0.488 e. The second kappa shape index (κ2) is 10.4. The molecule has 0 unspecified atom stereocenters. The molecule has 0 radical (unpaired) electrons. The van der Waals surface area contributed by atoms with Gasteiger partial charge in [-0.2, -0.15) is 0 Å². The fraction of sp³-hybridized carbons (Fsp3) is 0.444. The molecule has 0 saturated heterocycles. The van der Waals surface area contributed by atoms with Crippen LogP contribution in [0.15, 0.2) is 48.8 Å². The smallest absolute Gasteiger partial charge is 0.254 e. The van der Waals surface area contributed by atoms with Gasteiger partial charge in [0.1, 0.15) is 11.3 Å². The normalized spacial score (nSPS) is 21.9. The molecule has 6 heterocycles. The van der Waals surface area contributed by atoms with Crippen LogP contribution in [0, 0.1) is 0 Å². The molecule has 11 heteroatoms. The Morgan fingerprint density at radius 1 is 1.05 bits per heavy atom. The van der Waals surface area contributed by atoms with Gasteiger partial charge in [-0.25, -0.2) is 15.0 Å². The van der Waals surface area contributed by atoms with Crippen LogP contribution >= 0.6 is 0 Å². The Hall–Kier alpha value is -3.99. The number of benzene rings is 1. The van der Waals surface area contributed by atoms with E-state index >= 15 is 0 Å². The number of aliphatic hydroxyl groups excluding tert-OH is 1. The van der Waals surface area contributed by atoms with Gasteiger partial charge in [0.25, 0.3) is 5.91 Å². The van der Waals surface area contributed by atoms with E-state index in [2.05, 4.69) is 46.2 Å². The lowest BCUT2D eigenvalue weighted by molar-refractivity contribution is 0.0894. The van der Waals surface area contributed by atoms with Gasteiger partial charge in [0, 0.05) is 75.5 Å². The van der Waals surface area contributed by atoms with Crippen LogP contribution in [-0.4, -0.2) is 87.8 Å². The number of fused-ring (bicyclic) bond motifs is 3. The number of nitrogens with zero attached hydrogens (tertiary/aromatic N) is 7. The highest BCUT2D eigenvalue weighted by atomic mass is 16.5. The molecular weight excluding hydrogens is 484 g/mol. The molecule has 0 atom stereocenters. The van der Waals surface area contributed by atoms with E-state index in [1.807, 2.05) is 19.2 Å². The summed E-state index contributed by atoms with van der Waals surface area (Å²) in [6.07, 6.45) is 11.9. The minimum absolute atomic E-state index is 0.0118. The predicted molar refractivity (Wildman–Crippen MR) is 143 cm³/mol. The molecule has 0 spiro atoms.